The molecule has 1 amide bonds. The van der Waals surface area contributed by atoms with E-state index in [9.17, 15) is 4.79 Å². The van der Waals surface area contributed by atoms with Crippen molar-refractivity contribution >= 4 is 28.8 Å². The van der Waals surface area contributed by atoms with Crippen LogP contribution >= 0.6 is 11.8 Å². The Morgan fingerprint density at radius 3 is 2.70 bits per heavy atom. The third-order valence-corrected chi connectivity index (χ3v) is 4.50. The van der Waals surface area contributed by atoms with E-state index >= 15 is 0 Å². The fraction of sp³-hybridized carbons (Fsp3) is 0.222. The minimum Gasteiger partial charge on any atom is -0.431 e. The van der Waals surface area contributed by atoms with Gasteiger partial charge in [-0.05, 0) is 30.2 Å². The molecule has 1 heterocycles. The molecule has 0 fully saturated rings. The molecular formula is C18H18N2O2S. The topological polar surface area (TPSA) is 46.3 Å². The third kappa shape index (κ3) is 3.74. The van der Waals surface area contributed by atoms with Crippen LogP contribution in [0.25, 0.3) is 11.1 Å². The minimum absolute atomic E-state index is 0.0560. The van der Waals surface area contributed by atoms with Gasteiger partial charge < -0.3 is 9.32 Å². The second kappa shape index (κ2) is 6.87. The molecule has 0 atom stereocenters. The lowest BCUT2D eigenvalue weighted by Crippen LogP contribution is -2.28. The molecule has 0 N–H and O–H groups in total. The molecule has 23 heavy (non-hydrogen) atoms. The summed E-state index contributed by atoms with van der Waals surface area (Å²) in [6, 6.07) is 15.7. The summed E-state index contributed by atoms with van der Waals surface area (Å²) in [5.74, 6) is 0.371. The summed E-state index contributed by atoms with van der Waals surface area (Å²) >= 11 is 1.33. The fourth-order valence-electron chi connectivity index (χ4n) is 2.28. The van der Waals surface area contributed by atoms with Crippen molar-refractivity contribution in [2.75, 3.05) is 12.8 Å². The van der Waals surface area contributed by atoms with Crippen molar-refractivity contribution in [2.45, 2.75) is 18.7 Å². The molecule has 118 valence electrons. The summed E-state index contributed by atoms with van der Waals surface area (Å²) in [5, 5.41) is 0.531. The Morgan fingerprint density at radius 1 is 1.17 bits per heavy atom. The number of amides is 1. The standard InChI is InChI=1S/C18H18N2O2S/c1-13-7-3-4-8-14(13)11-20(2)17(21)12-23-18-19-15-9-5-6-10-16(15)22-18/h3-10H,11-12H2,1-2H3. The summed E-state index contributed by atoms with van der Waals surface area (Å²) in [4.78, 5) is 18.4. The molecule has 2 aromatic carbocycles. The number of nitrogens with zero attached hydrogens (tertiary/aromatic N) is 2. The quantitative estimate of drug-likeness (QED) is 0.667. The highest BCUT2D eigenvalue weighted by molar-refractivity contribution is 7.99. The molecule has 0 aliphatic carbocycles. The van der Waals surface area contributed by atoms with E-state index in [1.165, 1.54) is 17.3 Å². The van der Waals surface area contributed by atoms with Gasteiger partial charge in [0, 0.05) is 13.6 Å². The number of benzene rings is 2. The van der Waals surface area contributed by atoms with E-state index in [0.717, 1.165) is 16.7 Å². The van der Waals surface area contributed by atoms with E-state index < -0.39 is 0 Å². The smallest absolute Gasteiger partial charge is 0.257 e. The highest BCUT2D eigenvalue weighted by Gasteiger charge is 2.13. The number of thioether (sulfide) groups is 1. The first-order chi connectivity index (χ1) is 11.1. The van der Waals surface area contributed by atoms with Crippen molar-refractivity contribution in [3.63, 3.8) is 0 Å². The molecule has 0 aliphatic rings. The van der Waals surface area contributed by atoms with Gasteiger partial charge in [0.2, 0.25) is 5.91 Å². The lowest BCUT2D eigenvalue weighted by molar-refractivity contribution is -0.127. The van der Waals surface area contributed by atoms with Crippen LogP contribution in [0.3, 0.4) is 0 Å². The van der Waals surface area contributed by atoms with Gasteiger partial charge in [-0.1, -0.05) is 48.2 Å². The Balaban J connectivity index is 1.59. The molecule has 5 heteroatoms. The van der Waals surface area contributed by atoms with Gasteiger partial charge in [-0.25, -0.2) is 4.98 Å². The zero-order chi connectivity index (χ0) is 16.2. The molecule has 1 aromatic heterocycles. The Hall–Kier alpha value is -2.27. The maximum atomic E-state index is 12.3. The number of hydrogen-bond acceptors (Lipinski definition) is 4. The maximum absolute atomic E-state index is 12.3. The first-order valence-corrected chi connectivity index (χ1v) is 8.39. The molecule has 4 nitrogen and oxygen atoms in total. The van der Waals surface area contributed by atoms with Crippen molar-refractivity contribution < 1.29 is 9.21 Å². The second-order valence-corrected chi connectivity index (χ2v) is 6.34. The Morgan fingerprint density at radius 2 is 1.91 bits per heavy atom. The van der Waals surface area contributed by atoms with Gasteiger partial charge >= 0.3 is 0 Å². The fourth-order valence-corrected chi connectivity index (χ4v) is 3.06. The average Bonchev–Trinajstić information content (AvgIpc) is 2.97. The molecule has 0 unspecified atom stereocenters. The van der Waals surface area contributed by atoms with Crippen molar-refractivity contribution in [1.82, 2.24) is 9.88 Å². The molecule has 0 spiro atoms. The first kappa shape index (κ1) is 15.6. The van der Waals surface area contributed by atoms with Crippen molar-refractivity contribution in [3.05, 3.63) is 59.7 Å². The molecule has 0 bridgehead atoms. The largest absolute Gasteiger partial charge is 0.431 e. The maximum Gasteiger partial charge on any atom is 0.257 e. The molecule has 3 rings (SSSR count). The van der Waals surface area contributed by atoms with Crippen LogP contribution in [-0.4, -0.2) is 28.6 Å². The van der Waals surface area contributed by atoms with Crippen LogP contribution in [0.5, 0.6) is 0 Å². The van der Waals surface area contributed by atoms with E-state index in [1.54, 1.807) is 4.90 Å². The van der Waals surface area contributed by atoms with Crippen LogP contribution in [0.4, 0.5) is 0 Å². The summed E-state index contributed by atoms with van der Waals surface area (Å²) in [6.45, 7) is 2.67. The SMILES string of the molecule is Cc1ccccc1CN(C)C(=O)CSc1nc2ccccc2o1. The van der Waals surface area contributed by atoms with Gasteiger partial charge in [0.1, 0.15) is 5.52 Å². The van der Waals surface area contributed by atoms with E-state index in [2.05, 4.69) is 18.0 Å². The van der Waals surface area contributed by atoms with Crippen molar-refractivity contribution in [1.29, 1.82) is 0 Å². The molecule has 0 aliphatic heterocycles. The number of aromatic nitrogens is 1. The molecule has 0 saturated heterocycles. The summed E-state index contributed by atoms with van der Waals surface area (Å²) in [6.07, 6.45) is 0. The number of para-hydroxylation sites is 2. The first-order valence-electron chi connectivity index (χ1n) is 7.40. The molecule has 0 saturated carbocycles. The normalized spacial score (nSPS) is 10.9. The molecule has 3 aromatic rings. The van der Waals surface area contributed by atoms with E-state index in [-0.39, 0.29) is 5.91 Å². The van der Waals surface area contributed by atoms with Crippen molar-refractivity contribution in [3.8, 4) is 0 Å². The monoisotopic (exact) mass is 326 g/mol. The Kier molecular flexibility index (Phi) is 4.67. The zero-order valence-corrected chi connectivity index (χ0v) is 14.0. The van der Waals surface area contributed by atoms with E-state index in [0.29, 0.717) is 17.5 Å². The predicted octanol–water partition coefficient (Wildman–Crippen LogP) is 3.89. The predicted molar refractivity (Wildman–Crippen MR) is 92.4 cm³/mol. The van der Waals surface area contributed by atoms with Crippen LogP contribution in [0.2, 0.25) is 0 Å². The highest BCUT2D eigenvalue weighted by Crippen LogP contribution is 2.23. The van der Waals surface area contributed by atoms with Crippen LogP contribution in [0.1, 0.15) is 11.1 Å². The van der Waals surface area contributed by atoms with E-state index in [1.807, 2.05) is 49.5 Å². The number of oxazole rings is 1. The zero-order valence-electron chi connectivity index (χ0n) is 13.2. The molecular weight excluding hydrogens is 308 g/mol. The van der Waals surface area contributed by atoms with Crippen LogP contribution in [0, 0.1) is 6.92 Å². The third-order valence-electron chi connectivity index (χ3n) is 3.69. The van der Waals surface area contributed by atoms with Gasteiger partial charge in [-0.2, -0.15) is 0 Å². The number of rotatable bonds is 5. The second-order valence-electron chi connectivity index (χ2n) is 5.41. The Bertz CT molecular complexity index is 796. The number of carbonyl (C=O) groups is 1. The lowest BCUT2D eigenvalue weighted by atomic mass is 10.1. The van der Waals surface area contributed by atoms with Gasteiger partial charge in [-0.15, -0.1) is 0 Å². The van der Waals surface area contributed by atoms with Crippen LogP contribution in [0.15, 0.2) is 58.2 Å². The number of carbonyl (C=O) groups excluding carboxylic acids is 1. The van der Waals surface area contributed by atoms with E-state index in [4.69, 9.17) is 4.42 Å². The summed E-state index contributed by atoms with van der Waals surface area (Å²) in [5.41, 5.74) is 3.92. The molecule has 0 radical (unpaired) electrons. The minimum atomic E-state index is 0.0560. The van der Waals surface area contributed by atoms with Crippen LogP contribution < -0.4 is 0 Å². The van der Waals surface area contributed by atoms with Gasteiger partial charge in [0.25, 0.3) is 5.22 Å². The van der Waals surface area contributed by atoms with Crippen LogP contribution in [-0.2, 0) is 11.3 Å². The number of hydrogen-bond donors (Lipinski definition) is 0. The van der Waals surface area contributed by atoms with Crippen molar-refractivity contribution in [2.24, 2.45) is 0 Å². The van der Waals surface area contributed by atoms with Gasteiger partial charge in [0.05, 0.1) is 5.75 Å². The number of aryl methyl sites for hydroxylation is 1. The highest BCUT2D eigenvalue weighted by atomic mass is 32.2. The summed E-state index contributed by atoms with van der Waals surface area (Å²) in [7, 11) is 1.82. The van der Waals surface area contributed by atoms with Gasteiger partial charge in [0.15, 0.2) is 5.58 Å². The average molecular weight is 326 g/mol. The lowest BCUT2D eigenvalue weighted by Gasteiger charge is -2.18. The Labute approximate surface area is 139 Å². The van der Waals surface area contributed by atoms with Gasteiger partial charge in [-0.3, -0.25) is 4.79 Å². The summed E-state index contributed by atoms with van der Waals surface area (Å²) < 4.78 is 5.62. The number of fused-ring (bicyclic) bond motifs is 1.